The topological polar surface area (TPSA) is 93.5 Å². The second-order valence-electron chi connectivity index (χ2n) is 15.1. The molecule has 6 aromatic rings. The zero-order valence-corrected chi connectivity index (χ0v) is 32.6. The third-order valence-corrected chi connectivity index (χ3v) is 12.7. The molecule has 2 saturated carbocycles. The minimum absolute atomic E-state index is 0.0265. The number of amides is 2. The van der Waals surface area contributed by atoms with Gasteiger partial charge in [-0.25, -0.2) is 4.79 Å². The predicted octanol–water partition coefficient (Wildman–Crippen LogP) is 10.2. The highest BCUT2D eigenvalue weighted by Gasteiger charge is 2.40. The van der Waals surface area contributed by atoms with Crippen LogP contribution >= 0.6 is 11.3 Å². The molecule has 4 aromatic carbocycles. The van der Waals surface area contributed by atoms with Crippen LogP contribution in [0.4, 0.5) is 11.4 Å². The average molecular weight is 763 g/mol. The van der Waals surface area contributed by atoms with Crippen molar-refractivity contribution in [3.8, 4) is 10.4 Å². The van der Waals surface area contributed by atoms with Gasteiger partial charge in [0, 0.05) is 28.7 Å². The number of aromatic nitrogens is 2. The van der Waals surface area contributed by atoms with Crippen molar-refractivity contribution in [3.05, 3.63) is 161 Å². The first-order valence-electron chi connectivity index (χ1n) is 19.6. The summed E-state index contributed by atoms with van der Waals surface area (Å²) in [6.07, 6.45) is 8.66. The normalized spacial score (nSPS) is 17.1. The molecule has 0 unspecified atom stereocenters. The maximum Gasteiger partial charge on any atom is 0.350 e. The van der Waals surface area contributed by atoms with E-state index in [1.807, 2.05) is 101 Å². The summed E-state index contributed by atoms with van der Waals surface area (Å²) >= 11 is 1.34. The number of anilines is 2. The Morgan fingerprint density at radius 2 is 1.34 bits per heavy atom. The molecule has 2 aromatic heterocycles. The third-order valence-electron chi connectivity index (χ3n) is 11.6. The van der Waals surface area contributed by atoms with Crippen LogP contribution in [0.15, 0.2) is 134 Å². The number of hydrogen-bond acceptors (Lipinski definition) is 6. The van der Waals surface area contributed by atoms with Crippen molar-refractivity contribution in [1.29, 1.82) is 0 Å². The summed E-state index contributed by atoms with van der Waals surface area (Å²) in [5.74, 6) is -0.0351. The van der Waals surface area contributed by atoms with Gasteiger partial charge in [-0.3, -0.25) is 14.3 Å². The van der Waals surface area contributed by atoms with Gasteiger partial charge in [0.05, 0.1) is 12.8 Å². The Hall–Kier alpha value is -5.80. The lowest BCUT2D eigenvalue weighted by Gasteiger charge is -2.40. The molecule has 284 valence electrons. The van der Waals surface area contributed by atoms with E-state index in [2.05, 4.69) is 48.6 Å². The highest BCUT2D eigenvalue weighted by Crippen LogP contribution is 2.44. The molecule has 0 saturated heterocycles. The SMILES string of the molecule is COC(=O)c1sc(-c2ccc(NC(=O)c3ccn(C(c4ccccc4)(c4ccccc4)c4ccccc4)n3)cc2)cc1N(C(=O)C1CCC(C)CC1)C1CCC1. The van der Waals surface area contributed by atoms with E-state index in [4.69, 9.17) is 9.84 Å². The second-order valence-corrected chi connectivity index (χ2v) is 16.1. The largest absolute Gasteiger partial charge is 0.465 e. The summed E-state index contributed by atoms with van der Waals surface area (Å²) < 4.78 is 7.11. The molecule has 0 radical (unpaired) electrons. The van der Waals surface area contributed by atoms with Crippen molar-refractivity contribution in [2.75, 3.05) is 17.3 Å². The van der Waals surface area contributed by atoms with Crippen LogP contribution in [0.3, 0.4) is 0 Å². The predicted molar refractivity (Wildman–Crippen MR) is 222 cm³/mol. The summed E-state index contributed by atoms with van der Waals surface area (Å²) in [5.41, 5.74) is 4.61. The molecule has 9 heteroatoms. The van der Waals surface area contributed by atoms with Crippen molar-refractivity contribution in [1.82, 2.24) is 9.78 Å². The third kappa shape index (κ3) is 7.07. The van der Waals surface area contributed by atoms with Gasteiger partial charge in [-0.15, -0.1) is 11.3 Å². The number of hydrogen-bond donors (Lipinski definition) is 1. The quantitative estimate of drug-likeness (QED) is 0.105. The highest BCUT2D eigenvalue weighted by molar-refractivity contribution is 7.18. The van der Waals surface area contributed by atoms with Crippen LogP contribution in [-0.4, -0.2) is 40.7 Å². The van der Waals surface area contributed by atoms with Gasteiger partial charge in [0.25, 0.3) is 5.91 Å². The van der Waals surface area contributed by atoms with Crippen LogP contribution in [0.5, 0.6) is 0 Å². The molecule has 0 aliphatic heterocycles. The molecular formula is C47H46N4O4S. The van der Waals surface area contributed by atoms with E-state index in [0.29, 0.717) is 22.2 Å². The summed E-state index contributed by atoms with van der Waals surface area (Å²) in [4.78, 5) is 44.3. The number of ether oxygens (including phenoxy) is 1. The fourth-order valence-electron chi connectivity index (χ4n) is 8.27. The van der Waals surface area contributed by atoms with Crippen LogP contribution in [0, 0.1) is 11.8 Å². The minimum atomic E-state index is -0.833. The van der Waals surface area contributed by atoms with E-state index >= 15 is 0 Å². The molecule has 0 bridgehead atoms. The molecule has 0 atom stereocenters. The number of carbonyl (C=O) groups excluding carboxylic acids is 3. The van der Waals surface area contributed by atoms with Gasteiger partial charge in [0.2, 0.25) is 5.91 Å². The Labute approximate surface area is 332 Å². The lowest BCUT2D eigenvalue weighted by atomic mass is 9.77. The summed E-state index contributed by atoms with van der Waals surface area (Å²) in [6, 6.07) is 42.0. The van der Waals surface area contributed by atoms with Crippen molar-refractivity contribution in [2.24, 2.45) is 11.8 Å². The summed E-state index contributed by atoms with van der Waals surface area (Å²) in [6.45, 7) is 2.25. The molecule has 2 aliphatic carbocycles. The fourth-order valence-corrected chi connectivity index (χ4v) is 9.34. The van der Waals surface area contributed by atoms with E-state index in [1.165, 1.54) is 18.4 Å². The number of thiophene rings is 1. The maximum atomic E-state index is 14.1. The Balaban J connectivity index is 1.07. The zero-order valence-electron chi connectivity index (χ0n) is 31.8. The Morgan fingerprint density at radius 1 is 0.768 bits per heavy atom. The first kappa shape index (κ1) is 37.1. The molecule has 0 spiro atoms. The molecule has 8 nitrogen and oxygen atoms in total. The number of benzene rings is 4. The fraction of sp³-hybridized carbons (Fsp3) is 0.277. The maximum absolute atomic E-state index is 14.1. The molecule has 56 heavy (non-hydrogen) atoms. The van der Waals surface area contributed by atoms with Crippen LogP contribution in [0.1, 0.15) is 88.7 Å². The standard InChI is InChI=1S/C47H46N4O4S/c1-32-21-23-34(24-22-32)45(53)51(39-19-12-20-39)41-31-42(56-43(41)46(54)55-2)33-25-27-38(28-26-33)48-44(52)40-29-30-50(49-40)47(35-13-6-3-7-14-35,36-15-8-4-9-16-36)37-17-10-5-11-18-37/h3-11,13-18,25-32,34,39H,12,19-24H2,1-2H3,(H,48,52). The van der Waals surface area contributed by atoms with Crippen LogP contribution in [-0.2, 0) is 15.1 Å². The van der Waals surface area contributed by atoms with Crippen molar-refractivity contribution < 1.29 is 19.1 Å². The van der Waals surface area contributed by atoms with Crippen molar-refractivity contribution >= 4 is 40.5 Å². The molecule has 8 rings (SSSR count). The Morgan fingerprint density at radius 3 is 1.86 bits per heavy atom. The number of carbonyl (C=O) groups is 3. The van der Waals surface area contributed by atoms with E-state index in [0.717, 1.165) is 72.1 Å². The van der Waals surface area contributed by atoms with E-state index in [-0.39, 0.29) is 29.5 Å². The molecule has 2 fully saturated rings. The zero-order chi connectivity index (χ0) is 38.6. The minimum Gasteiger partial charge on any atom is -0.465 e. The molecular weight excluding hydrogens is 717 g/mol. The van der Waals surface area contributed by atoms with Gasteiger partial charge in [0.1, 0.15) is 10.4 Å². The van der Waals surface area contributed by atoms with Gasteiger partial charge >= 0.3 is 5.97 Å². The Kier molecular flexibility index (Phi) is 10.7. The van der Waals surface area contributed by atoms with Crippen LogP contribution in [0.25, 0.3) is 10.4 Å². The molecule has 2 amide bonds. The van der Waals surface area contributed by atoms with E-state index in [9.17, 15) is 14.4 Å². The molecule has 1 N–H and O–H groups in total. The van der Waals surface area contributed by atoms with Gasteiger partial charge in [-0.05, 0) is 97.4 Å². The van der Waals surface area contributed by atoms with Crippen molar-refractivity contribution in [2.45, 2.75) is 63.5 Å². The van der Waals surface area contributed by atoms with Crippen LogP contribution < -0.4 is 10.2 Å². The highest BCUT2D eigenvalue weighted by atomic mass is 32.1. The lowest BCUT2D eigenvalue weighted by Crippen LogP contribution is -2.48. The number of methoxy groups -OCH3 is 1. The van der Waals surface area contributed by atoms with Gasteiger partial charge in [-0.1, -0.05) is 110 Å². The van der Waals surface area contributed by atoms with Crippen LogP contribution in [0.2, 0.25) is 0 Å². The summed E-state index contributed by atoms with van der Waals surface area (Å²) in [5, 5.41) is 7.96. The smallest absolute Gasteiger partial charge is 0.350 e. The number of nitrogens with zero attached hydrogens (tertiary/aromatic N) is 3. The first-order valence-corrected chi connectivity index (χ1v) is 20.4. The van der Waals surface area contributed by atoms with Crippen molar-refractivity contribution in [3.63, 3.8) is 0 Å². The summed E-state index contributed by atoms with van der Waals surface area (Å²) in [7, 11) is 1.38. The first-order chi connectivity index (χ1) is 27.4. The molecule has 2 aliphatic rings. The second kappa shape index (κ2) is 16.1. The van der Waals surface area contributed by atoms with E-state index < -0.39 is 11.5 Å². The monoisotopic (exact) mass is 762 g/mol. The number of nitrogens with one attached hydrogen (secondary N) is 1. The lowest BCUT2D eigenvalue weighted by molar-refractivity contribution is -0.124. The molecule has 2 heterocycles. The average Bonchev–Trinajstić information content (AvgIpc) is 3.90. The Bertz CT molecular complexity index is 2190. The van der Waals surface area contributed by atoms with E-state index in [1.54, 1.807) is 6.07 Å². The number of esters is 1. The van der Waals surface area contributed by atoms with Gasteiger partial charge in [0.15, 0.2) is 5.69 Å². The van der Waals surface area contributed by atoms with Gasteiger partial charge in [-0.2, -0.15) is 5.10 Å². The number of rotatable bonds is 11. The van der Waals surface area contributed by atoms with Gasteiger partial charge < -0.3 is 15.0 Å².